The maximum atomic E-state index is 12.7. The number of benzene rings is 1. The predicted molar refractivity (Wildman–Crippen MR) is 100 cm³/mol. The van der Waals surface area contributed by atoms with Crippen LogP contribution in [0.3, 0.4) is 0 Å². The minimum absolute atomic E-state index is 0.226. The molecular weight excluding hydrogens is 338 g/mol. The number of aryl methyl sites for hydroxylation is 2. The second kappa shape index (κ2) is 5.96. The number of hydrogen-bond acceptors (Lipinski definition) is 5. The Balaban J connectivity index is 1.92. The summed E-state index contributed by atoms with van der Waals surface area (Å²) >= 11 is 3.12. The number of hydrogen-bond donors (Lipinski definition) is 0. The molecule has 0 spiro atoms. The minimum atomic E-state index is -0.226. The zero-order valence-electron chi connectivity index (χ0n) is 13.3. The second-order valence-electron chi connectivity index (χ2n) is 5.68. The van der Waals surface area contributed by atoms with Crippen LogP contribution in [0.15, 0.2) is 46.6 Å². The molecule has 0 saturated heterocycles. The first kappa shape index (κ1) is 15.2. The van der Waals surface area contributed by atoms with E-state index in [0.29, 0.717) is 12.2 Å². The van der Waals surface area contributed by atoms with Gasteiger partial charge in [-0.25, -0.2) is 9.78 Å². The fraction of sp³-hybridized carbons (Fsp3) is 0.167. The van der Waals surface area contributed by atoms with Gasteiger partial charge >= 0.3 is 5.69 Å². The molecule has 0 radical (unpaired) electrons. The molecule has 4 rings (SSSR count). The fourth-order valence-electron chi connectivity index (χ4n) is 2.77. The van der Waals surface area contributed by atoms with E-state index >= 15 is 0 Å². The van der Waals surface area contributed by atoms with E-state index < -0.39 is 0 Å². The van der Waals surface area contributed by atoms with E-state index in [1.165, 1.54) is 5.56 Å². The van der Waals surface area contributed by atoms with Crippen LogP contribution in [0.1, 0.15) is 16.1 Å². The van der Waals surface area contributed by atoms with Gasteiger partial charge in [-0.3, -0.25) is 4.57 Å². The lowest BCUT2D eigenvalue weighted by atomic mass is 10.1. The summed E-state index contributed by atoms with van der Waals surface area (Å²) in [5, 5.41) is 2.92. The van der Waals surface area contributed by atoms with Crippen molar-refractivity contribution in [3.05, 3.63) is 68.4 Å². The Labute approximate surface area is 147 Å². The Kier molecular flexibility index (Phi) is 3.78. The first-order valence-corrected chi connectivity index (χ1v) is 9.29. The number of thiazole rings is 1. The maximum absolute atomic E-state index is 12.7. The zero-order chi connectivity index (χ0) is 16.7. The number of rotatable bonds is 3. The molecule has 3 heterocycles. The highest BCUT2D eigenvalue weighted by molar-refractivity contribution is 7.18. The van der Waals surface area contributed by atoms with Crippen molar-refractivity contribution >= 4 is 33.0 Å². The van der Waals surface area contributed by atoms with Crippen LogP contribution < -0.4 is 5.69 Å². The van der Waals surface area contributed by atoms with E-state index in [4.69, 9.17) is 0 Å². The van der Waals surface area contributed by atoms with Gasteiger partial charge in [0.1, 0.15) is 16.0 Å². The van der Waals surface area contributed by atoms with E-state index in [2.05, 4.69) is 29.0 Å². The van der Waals surface area contributed by atoms with Gasteiger partial charge in [0.25, 0.3) is 0 Å². The van der Waals surface area contributed by atoms with Gasteiger partial charge in [0.15, 0.2) is 0 Å². The third kappa shape index (κ3) is 2.68. The highest BCUT2D eigenvalue weighted by Gasteiger charge is 2.17. The summed E-state index contributed by atoms with van der Waals surface area (Å²) < 4.78 is 1.73. The van der Waals surface area contributed by atoms with Crippen molar-refractivity contribution in [3.63, 3.8) is 0 Å². The summed E-state index contributed by atoms with van der Waals surface area (Å²) in [6, 6.07) is 12.1. The largest absolute Gasteiger partial charge is 0.349 e. The van der Waals surface area contributed by atoms with E-state index in [1.54, 1.807) is 27.2 Å². The lowest BCUT2D eigenvalue weighted by molar-refractivity contribution is 0.768. The van der Waals surface area contributed by atoms with Gasteiger partial charge in [0.2, 0.25) is 0 Å². The quantitative estimate of drug-likeness (QED) is 0.553. The third-order valence-electron chi connectivity index (χ3n) is 3.80. The van der Waals surface area contributed by atoms with Gasteiger partial charge in [-0.2, -0.15) is 4.98 Å². The van der Waals surface area contributed by atoms with Crippen LogP contribution in [-0.4, -0.2) is 14.5 Å². The highest BCUT2D eigenvalue weighted by Crippen LogP contribution is 2.31. The first-order chi connectivity index (χ1) is 11.6. The molecule has 0 aliphatic carbocycles. The lowest BCUT2D eigenvalue weighted by Crippen LogP contribution is -2.24. The number of nitrogens with zero attached hydrogens (tertiary/aromatic N) is 3. The van der Waals surface area contributed by atoms with Gasteiger partial charge in [-0.15, -0.1) is 22.7 Å². The van der Waals surface area contributed by atoms with Crippen molar-refractivity contribution < 1.29 is 0 Å². The molecule has 0 atom stereocenters. The fourth-order valence-corrected chi connectivity index (χ4v) is 4.39. The van der Waals surface area contributed by atoms with Crippen LogP contribution in [0.25, 0.3) is 20.9 Å². The molecule has 4 nitrogen and oxygen atoms in total. The van der Waals surface area contributed by atoms with Crippen molar-refractivity contribution in [1.29, 1.82) is 0 Å². The molecule has 24 heavy (non-hydrogen) atoms. The Bertz CT molecular complexity index is 1080. The number of thiophene rings is 1. The monoisotopic (exact) mass is 353 g/mol. The Hall–Kier alpha value is -2.31. The second-order valence-corrected chi connectivity index (χ2v) is 7.81. The molecule has 6 heteroatoms. The minimum Gasteiger partial charge on any atom is -0.277 e. The van der Waals surface area contributed by atoms with Gasteiger partial charge in [-0.05, 0) is 30.9 Å². The molecule has 0 saturated carbocycles. The molecule has 3 aromatic heterocycles. The van der Waals surface area contributed by atoms with Crippen LogP contribution in [0.5, 0.6) is 0 Å². The zero-order valence-corrected chi connectivity index (χ0v) is 14.9. The van der Waals surface area contributed by atoms with E-state index in [1.807, 2.05) is 36.6 Å². The molecule has 1 aromatic carbocycles. The van der Waals surface area contributed by atoms with Gasteiger partial charge < -0.3 is 0 Å². The maximum Gasteiger partial charge on any atom is 0.349 e. The van der Waals surface area contributed by atoms with Crippen LogP contribution in [0.4, 0.5) is 0 Å². The summed E-state index contributed by atoms with van der Waals surface area (Å²) in [5.74, 6) is 0. The van der Waals surface area contributed by atoms with Crippen LogP contribution in [-0.2, 0) is 6.54 Å². The Morgan fingerprint density at radius 3 is 2.75 bits per heavy atom. The van der Waals surface area contributed by atoms with Crippen molar-refractivity contribution in [2.75, 3.05) is 0 Å². The smallest absolute Gasteiger partial charge is 0.277 e. The van der Waals surface area contributed by atoms with Crippen LogP contribution in [0.2, 0.25) is 0 Å². The van der Waals surface area contributed by atoms with Crippen molar-refractivity contribution in [2.24, 2.45) is 0 Å². The van der Waals surface area contributed by atoms with Crippen molar-refractivity contribution in [2.45, 2.75) is 20.4 Å². The van der Waals surface area contributed by atoms with Crippen LogP contribution in [0, 0.1) is 13.8 Å². The molecule has 0 bridgehead atoms. The van der Waals surface area contributed by atoms with Gasteiger partial charge in [0, 0.05) is 0 Å². The molecule has 0 fully saturated rings. The molecule has 4 aromatic rings. The normalized spacial score (nSPS) is 11.2. The SMILES string of the molecule is Cc1cccc(Cn2c(=O)nc(-c3cccs3)c3nc(C)sc32)c1. The number of aromatic nitrogens is 3. The molecule has 0 aliphatic heterocycles. The summed E-state index contributed by atoms with van der Waals surface area (Å²) in [4.78, 5) is 23.5. The predicted octanol–water partition coefficient (Wildman–Crippen LogP) is 4.25. The summed E-state index contributed by atoms with van der Waals surface area (Å²) in [6.07, 6.45) is 0. The third-order valence-corrected chi connectivity index (χ3v) is 5.67. The average molecular weight is 353 g/mol. The molecule has 0 unspecified atom stereocenters. The summed E-state index contributed by atoms with van der Waals surface area (Å²) in [6.45, 7) is 4.53. The summed E-state index contributed by atoms with van der Waals surface area (Å²) in [7, 11) is 0. The standard InChI is InChI=1S/C18H15N3OS2/c1-11-5-3-6-13(9-11)10-21-17-16(19-12(2)24-17)15(20-18(21)22)14-7-4-8-23-14/h3-9H,10H2,1-2H3. The van der Waals surface area contributed by atoms with E-state index in [0.717, 1.165) is 25.8 Å². The average Bonchev–Trinajstić information content (AvgIpc) is 3.19. The van der Waals surface area contributed by atoms with Gasteiger partial charge in [0.05, 0.1) is 16.4 Å². The Morgan fingerprint density at radius 2 is 2.00 bits per heavy atom. The van der Waals surface area contributed by atoms with Crippen molar-refractivity contribution in [3.8, 4) is 10.6 Å². The lowest BCUT2D eigenvalue weighted by Gasteiger charge is -2.09. The molecule has 120 valence electrons. The van der Waals surface area contributed by atoms with E-state index in [9.17, 15) is 4.79 Å². The van der Waals surface area contributed by atoms with Crippen molar-refractivity contribution in [1.82, 2.24) is 14.5 Å². The highest BCUT2D eigenvalue weighted by atomic mass is 32.1. The van der Waals surface area contributed by atoms with E-state index in [-0.39, 0.29) is 5.69 Å². The molecule has 0 aliphatic rings. The molecule has 0 amide bonds. The molecule has 0 N–H and O–H groups in total. The molecular formula is C18H15N3OS2. The first-order valence-electron chi connectivity index (χ1n) is 7.59. The topological polar surface area (TPSA) is 47.8 Å². The van der Waals surface area contributed by atoms with Gasteiger partial charge in [-0.1, -0.05) is 35.9 Å². The Morgan fingerprint density at radius 1 is 1.12 bits per heavy atom. The summed E-state index contributed by atoms with van der Waals surface area (Å²) in [5.41, 5.74) is 3.55. The number of fused-ring (bicyclic) bond motifs is 1. The van der Waals surface area contributed by atoms with Crippen LogP contribution >= 0.6 is 22.7 Å².